The number of para-hydroxylation sites is 2. The topological polar surface area (TPSA) is 213 Å². The Labute approximate surface area is 308 Å². The second-order valence-electron chi connectivity index (χ2n) is 12.4. The summed E-state index contributed by atoms with van der Waals surface area (Å²) in [5.41, 5.74) is 11.5. The first-order valence-electron chi connectivity index (χ1n) is 16.8. The number of imidazole rings is 1. The lowest BCUT2D eigenvalue weighted by atomic mass is 10.1. The lowest BCUT2D eigenvalue weighted by Gasteiger charge is -2.22. The highest BCUT2D eigenvalue weighted by molar-refractivity contribution is 5.98. The number of carbonyl (C=O) groups is 4. The molecule has 1 N–H and O–H groups in total. The number of aryl methyl sites for hydroxylation is 1. The second-order valence-corrected chi connectivity index (χ2v) is 12.4. The molecule has 54 heavy (non-hydrogen) atoms. The molecule has 0 spiro atoms. The van der Waals surface area contributed by atoms with E-state index in [9.17, 15) is 24.7 Å². The second kappa shape index (κ2) is 16.2. The van der Waals surface area contributed by atoms with Crippen LogP contribution in [0.3, 0.4) is 0 Å². The first kappa shape index (κ1) is 36.9. The van der Waals surface area contributed by atoms with Gasteiger partial charge >= 0.3 is 18.0 Å². The zero-order valence-corrected chi connectivity index (χ0v) is 29.6. The van der Waals surface area contributed by atoms with Crippen molar-refractivity contribution >= 4 is 52.4 Å². The highest BCUT2D eigenvalue weighted by Gasteiger charge is 2.49. The van der Waals surface area contributed by atoms with Gasteiger partial charge in [-0.3, -0.25) is 19.5 Å². The molecule has 17 heteroatoms. The third-order valence-electron chi connectivity index (χ3n) is 8.36. The summed E-state index contributed by atoms with van der Waals surface area (Å²) in [5.74, 6) is -2.79. The fourth-order valence-electron chi connectivity index (χ4n) is 5.74. The van der Waals surface area contributed by atoms with E-state index >= 15 is 0 Å². The van der Waals surface area contributed by atoms with Crippen molar-refractivity contribution < 1.29 is 38.1 Å². The third kappa shape index (κ3) is 7.96. The minimum absolute atomic E-state index is 0.00257. The van der Waals surface area contributed by atoms with Gasteiger partial charge in [-0.05, 0) is 48.4 Å². The van der Waals surface area contributed by atoms with Crippen LogP contribution in [-0.4, -0.2) is 68.3 Å². The number of nitrogens with zero attached hydrogens (tertiary/aromatic N) is 8. The molecule has 5 aromatic rings. The van der Waals surface area contributed by atoms with Gasteiger partial charge in [-0.25, -0.2) is 19.5 Å². The number of carbonyl (C=O) groups excluding carboxylic acids is 4. The lowest BCUT2D eigenvalue weighted by Crippen LogP contribution is -2.36. The standard InChI is InChI=1S/C37H35N9O8/c1-21(2)32(48)41-36-40-31-29(33(42-36)54-37(50)46(24-14-7-5-8-15-24)25-16-9-6-10-17-25)39-20-45(31)34-30(52-23(4)47)28(43-44-38)27(53-34)19-51-35(49)26-18-12-11-13-22(26)3/h5-18,20-21,27-28,30,34H,19H2,1-4H3,(H,40,41,42,48)/t27-,28-,30-,34-/m1/s1. The number of esters is 2. The number of fused-ring (bicyclic) bond motifs is 1. The maximum absolute atomic E-state index is 14.0. The van der Waals surface area contributed by atoms with Crippen molar-refractivity contribution in [3.8, 4) is 5.88 Å². The maximum Gasteiger partial charge on any atom is 0.425 e. The van der Waals surface area contributed by atoms with Gasteiger partial charge in [0.2, 0.25) is 11.9 Å². The van der Waals surface area contributed by atoms with Crippen molar-refractivity contribution in [1.82, 2.24) is 19.5 Å². The van der Waals surface area contributed by atoms with Gasteiger partial charge in [0, 0.05) is 17.8 Å². The van der Waals surface area contributed by atoms with Crippen LogP contribution in [0.5, 0.6) is 5.88 Å². The van der Waals surface area contributed by atoms with Crippen LogP contribution < -0.4 is 15.0 Å². The molecule has 0 saturated carbocycles. The van der Waals surface area contributed by atoms with Gasteiger partial charge in [-0.2, -0.15) is 9.97 Å². The Morgan fingerprint density at radius 3 is 2.24 bits per heavy atom. The molecular formula is C37H35N9O8. The predicted molar refractivity (Wildman–Crippen MR) is 194 cm³/mol. The van der Waals surface area contributed by atoms with E-state index < -0.39 is 54.3 Å². The third-order valence-corrected chi connectivity index (χ3v) is 8.36. The molecule has 6 rings (SSSR count). The van der Waals surface area contributed by atoms with Gasteiger partial charge in [0.1, 0.15) is 18.8 Å². The molecule has 4 atom stereocenters. The number of ether oxygens (including phenoxy) is 4. The smallest absolute Gasteiger partial charge is 0.425 e. The molecule has 17 nitrogen and oxygen atoms in total. The van der Waals surface area contributed by atoms with Crippen LogP contribution in [0.25, 0.3) is 21.6 Å². The van der Waals surface area contributed by atoms with E-state index in [4.69, 9.17) is 18.9 Å². The Balaban J connectivity index is 1.40. The molecule has 0 unspecified atom stereocenters. The Kier molecular flexibility index (Phi) is 11.1. The zero-order valence-electron chi connectivity index (χ0n) is 29.6. The number of rotatable bonds is 11. The molecule has 0 aliphatic carbocycles. The number of hydrogen-bond acceptors (Lipinski definition) is 12. The summed E-state index contributed by atoms with van der Waals surface area (Å²) in [5, 5.41) is 6.47. The molecule has 1 saturated heterocycles. The van der Waals surface area contributed by atoms with Crippen molar-refractivity contribution in [3.63, 3.8) is 0 Å². The fraction of sp³-hybridized carbons (Fsp3) is 0.270. The van der Waals surface area contributed by atoms with Gasteiger partial charge in [0.05, 0.1) is 23.3 Å². The maximum atomic E-state index is 14.0. The number of aromatic nitrogens is 4. The van der Waals surface area contributed by atoms with E-state index in [0.717, 1.165) is 0 Å². The molecular weight excluding hydrogens is 698 g/mol. The van der Waals surface area contributed by atoms with E-state index in [1.807, 2.05) is 12.1 Å². The number of nitrogens with one attached hydrogen (secondary N) is 1. The van der Waals surface area contributed by atoms with E-state index in [2.05, 4.69) is 30.3 Å². The normalized spacial score (nSPS) is 17.7. The zero-order chi connectivity index (χ0) is 38.4. The van der Waals surface area contributed by atoms with Gasteiger partial charge < -0.3 is 18.9 Å². The molecule has 276 valence electrons. The van der Waals surface area contributed by atoms with Crippen molar-refractivity contribution in [2.24, 2.45) is 11.0 Å². The average molecular weight is 734 g/mol. The molecule has 1 aliphatic heterocycles. The first-order valence-corrected chi connectivity index (χ1v) is 16.8. The number of anilines is 3. The summed E-state index contributed by atoms with van der Waals surface area (Å²) in [7, 11) is 0. The van der Waals surface area contributed by atoms with Gasteiger partial charge in [0.15, 0.2) is 23.5 Å². The van der Waals surface area contributed by atoms with Crippen molar-refractivity contribution in [2.45, 2.75) is 52.2 Å². The van der Waals surface area contributed by atoms with Gasteiger partial charge in [-0.1, -0.05) is 73.6 Å². The molecule has 2 aromatic heterocycles. The Morgan fingerprint density at radius 2 is 1.63 bits per heavy atom. The Hall–Kier alpha value is -6.84. The van der Waals surface area contributed by atoms with Crippen molar-refractivity contribution in [2.75, 3.05) is 16.8 Å². The largest absolute Gasteiger partial charge is 0.459 e. The summed E-state index contributed by atoms with van der Waals surface area (Å²) in [4.78, 5) is 69.7. The monoisotopic (exact) mass is 733 g/mol. The van der Waals surface area contributed by atoms with Crippen LogP contribution in [0.4, 0.5) is 22.1 Å². The number of benzene rings is 3. The number of hydrogen-bond donors (Lipinski definition) is 1. The van der Waals surface area contributed by atoms with Crippen LogP contribution in [-0.2, 0) is 23.8 Å². The van der Waals surface area contributed by atoms with E-state index in [1.54, 1.807) is 93.6 Å². The molecule has 3 heterocycles. The number of amides is 2. The van der Waals surface area contributed by atoms with E-state index in [1.165, 1.54) is 22.7 Å². The molecule has 1 fully saturated rings. The molecule has 2 amide bonds. The summed E-state index contributed by atoms with van der Waals surface area (Å²) < 4.78 is 24.8. The highest BCUT2D eigenvalue weighted by Crippen LogP contribution is 2.38. The minimum Gasteiger partial charge on any atom is -0.459 e. The summed E-state index contributed by atoms with van der Waals surface area (Å²) in [6, 6.07) is 23.3. The molecule has 0 radical (unpaired) electrons. The van der Waals surface area contributed by atoms with Gasteiger partial charge in [0.25, 0.3) is 5.88 Å². The summed E-state index contributed by atoms with van der Waals surface area (Å²) in [6.07, 6.45) is -3.18. The van der Waals surface area contributed by atoms with E-state index in [0.29, 0.717) is 22.5 Å². The Bertz CT molecular complexity index is 2190. The Morgan fingerprint density at radius 1 is 0.981 bits per heavy atom. The lowest BCUT2D eigenvalue weighted by molar-refractivity contribution is -0.152. The van der Waals surface area contributed by atoms with Crippen molar-refractivity contribution in [3.05, 3.63) is 113 Å². The van der Waals surface area contributed by atoms with Gasteiger partial charge in [-0.15, -0.1) is 0 Å². The van der Waals surface area contributed by atoms with Crippen LogP contribution in [0.2, 0.25) is 0 Å². The quantitative estimate of drug-likeness (QED) is 0.0676. The van der Waals surface area contributed by atoms with Crippen LogP contribution in [0.1, 0.15) is 42.9 Å². The minimum atomic E-state index is -1.26. The predicted octanol–water partition coefficient (Wildman–Crippen LogP) is 6.43. The van der Waals surface area contributed by atoms with E-state index in [-0.39, 0.29) is 29.6 Å². The molecule has 1 aliphatic rings. The highest BCUT2D eigenvalue weighted by atomic mass is 16.6. The van der Waals surface area contributed by atoms with Crippen LogP contribution in [0, 0.1) is 12.8 Å². The number of azide groups is 1. The van der Waals surface area contributed by atoms with Crippen molar-refractivity contribution in [1.29, 1.82) is 0 Å². The SMILES string of the molecule is CC(=O)O[C@@H]1[C@H](N=[N+]=[N-])[C@@H](COC(=O)c2ccccc2C)O[C@H]1n1cnc2c(OC(=O)N(c3ccccc3)c3ccccc3)nc(NC(=O)C(C)C)nc21. The van der Waals surface area contributed by atoms with Crippen LogP contribution >= 0.6 is 0 Å². The molecule has 3 aromatic carbocycles. The molecule has 0 bridgehead atoms. The average Bonchev–Trinajstić information content (AvgIpc) is 3.72. The fourth-order valence-corrected chi connectivity index (χ4v) is 5.74. The summed E-state index contributed by atoms with van der Waals surface area (Å²) in [6.45, 7) is 5.91. The summed E-state index contributed by atoms with van der Waals surface area (Å²) >= 11 is 0. The van der Waals surface area contributed by atoms with Crippen LogP contribution in [0.15, 0.2) is 96.4 Å². The first-order chi connectivity index (χ1) is 26.0.